The van der Waals surface area contributed by atoms with Crippen molar-refractivity contribution in [1.29, 1.82) is 0 Å². The number of nitrogens with zero attached hydrogens (tertiary/aromatic N) is 3. The Morgan fingerprint density at radius 3 is 2.62 bits per heavy atom. The van der Waals surface area contributed by atoms with Gasteiger partial charge in [0.1, 0.15) is 0 Å². The van der Waals surface area contributed by atoms with Crippen molar-refractivity contribution in [3.63, 3.8) is 0 Å². The van der Waals surface area contributed by atoms with Crippen LogP contribution in [0.2, 0.25) is 0 Å². The summed E-state index contributed by atoms with van der Waals surface area (Å²) in [5.41, 5.74) is 3.72. The third kappa shape index (κ3) is 3.38. The monoisotopic (exact) mass is 340 g/mol. The first-order chi connectivity index (χ1) is 11.6. The van der Waals surface area contributed by atoms with Gasteiger partial charge in [-0.25, -0.2) is 9.97 Å². The highest BCUT2D eigenvalue weighted by Gasteiger charge is 2.10. The molecule has 0 saturated heterocycles. The molecule has 0 aliphatic rings. The van der Waals surface area contributed by atoms with Crippen LogP contribution in [0.3, 0.4) is 0 Å². The average Bonchev–Trinajstić information content (AvgIpc) is 3.18. The van der Waals surface area contributed by atoms with Crippen LogP contribution in [-0.2, 0) is 20.0 Å². The summed E-state index contributed by atoms with van der Waals surface area (Å²) in [7, 11) is 1.95. The van der Waals surface area contributed by atoms with Gasteiger partial charge in [0.25, 0.3) is 5.91 Å². The predicted molar refractivity (Wildman–Crippen MR) is 96.0 cm³/mol. The standard InChI is InChI=1S/C18H20N4OS/c1-4-17-21-12(2)16(24-17)10-20-18(23)14-7-5-13(6-8-14)15-9-19-11-22(15)3/h5-9,11H,4,10H2,1-3H3,(H,20,23). The number of rotatable bonds is 5. The third-order valence-corrected chi connectivity index (χ3v) is 5.21. The molecule has 1 N–H and O–H groups in total. The number of imidazole rings is 1. The van der Waals surface area contributed by atoms with Crippen LogP contribution in [0.15, 0.2) is 36.8 Å². The molecular weight excluding hydrogens is 320 g/mol. The van der Waals surface area contributed by atoms with E-state index >= 15 is 0 Å². The van der Waals surface area contributed by atoms with Gasteiger partial charge >= 0.3 is 0 Å². The molecule has 3 aromatic rings. The quantitative estimate of drug-likeness (QED) is 0.775. The molecule has 2 aromatic heterocycles. The molecule has 0 spiro atoms. The van der Waals surface area contributed by atoms with Crippen LogP contribution in [0.1, 0.15) is 32.9 Å². The number of aromatic nitrogens is 3. The third-order valence-electron chi connectivity index (χ3n) is 3.91. The van der Waals surface area contributed by atoms with E-state index in [-0.39, 0.29) is 5.91 Å². The van der Waals surface area contributed by atoms with E-state index in [1.807, 2.05) is 49.0 Å². The van der Waals surface area contributed by atoms with Gasteiger partial charge in [0.15, 0.2) is 0 Å². The van der Waals surface area contributed by atoms with Crippen LogP contribution in [0.4, 0.5) is 0 Å². The van der Waals surface area contributed by atoms with Gasteiger partial charge < -0.3 is 9.88 Å². The van der Waals surface area contributed by atoms with E-state index in [4.69, 9.17) is 0 Å². The maximum absolute atomic E-state index is 12.3. The highest BCUT2D eigenvalue weighted by Crippen LogP contribution is 2.20. The van der Waals surface area contributed by atoms with E-state index < -0.39 is 0 Å². The van der Waals surface area contributed by atoms with Crippen LogP contribution in [0, 0.1) is 6.92 Å². The van der Waals surface area contributed by atoms with Crippen LogP contribution in [0.25, 0.3) is 11.3 Å². The van der Waals surface area contributed by atoms with E-state index in [0.717, 1.165) is 33.3 Å². The molecule has 2 heterocycles. The zero-order valence-corrected chi connectivity index (χ0v) is 14.9. The van der Waals surface area contributed by atoms with Crippen molar-refractivity contribution in [2.45, 2.75) is 26.8 Å². The van der Waals surface area contributed by atoms with E-state index in [2.05, 4.69) is 22.2 Å². The number of hydrogen-bond donors (Lipinski definition) is 1. The Morgan fingerprint density at radius 2 is 2.04 bits per heavy atom. The summed E-state index contributed by atoms with van der Waals surface area (Å²) in [5.74, 6) is -0.0718. The van der Waals surface area contributed by atoms with E-state index in [1.165, 1.54) is 0 Å². The molecule has 1 aromatic carbocycles. The minimum atomic E-state index is -0.0718. The van der Waals surface area contributed by atoms with Gasteiger partial charge in [-0.3, -0.25) is 4.79 Å². The minimum absolute atomic E-state index is 0.0718. The van der Waals surface area contributed by atoms with Gasteiger partial charge in [-0.2, -0.15) is 0 Å². The summed E-state index contributed by atoms with van der Waals surface area (Å²) in [5, 5.41) is 4.08. The largest absolute Gasteiger partial charge is 0.347 e. The van der Waals surface area contributed by atoms with Crippen LogP contribution < -0.4 is 5.32 Å². The molecular formula is C18H20N4OS. The van der Waals surface area contributed by atoms with Crippen molar-refractivity contribution in [2.24, 2.45) is 7.05 Å². The van der Waals surface area contributed by atoms with Crippen molar-refractivity contribution >= 4 is 17.2 Å². The summed E-state index contributed by atoms with van der Waals surface area (Å²) in [6.07, 6.45) is 4.50. The lowest BCUT2D eigenvalue weighted by Gasteiger charge is -2.06. The van der Waals surface area contributed by atoms with Crippen LogP contribution >= 0.6 is 11.3 Å². The zero-order valence-electron chi connectivity index (χ0n) is 14.0. The number of amides is 1. The van der Waals surface area contributed by atoms with E-state index in [0.29, 0.717) is 12.1 Å². The number of carbonyl (C=O) groups excluding carboxylic acids is 1. The van der Waals surface area contributed by atoms with Gasteiger partial charge in [0.2, 0.25) is 0 Å². The lowest BCUT2D eigenvalue weighted by molar-refractivity contribution is 0.0951. The molecule has 6 heteroatoms. The van der Waals surface area contributed by atoms with Gasteiger partial charge in [-0.15, -0.1) is 11.3 Å². The molecule has 0 radical (unpaired) electrons. The Balaban J connectivity index is 1.67. The van der Waals surface area contributed by atoms with Crippen molar-refractivity contribution < 1.29 is 4.79 Å². The molecule has 0 saturated carbocycles. The molecule has 124 valence electrons. The fraction of sp³-hybridized carbons (Fsp3) is 0.278. The number of carbonyl (C=O) groups is 1. The summed E-state index contributed by atoms with van der Waals surface area (Å²) in [6.45, 7) is 4.59. The summed E-state index contributed by atoms with van der Waals surface area (Å²) in [6, 6.07) is 7.57. The molecule has 0 atom stereocenters. The Morgan fingerprint density at radius 1 is 1.29 bits per heavy atom. The fourth-order valence-corrected chi connectivity index (χ4v) is 3.44. The second kappa shape index (κ2) is 6.97. The predicted octanol–water partition coefficient (Wildman–Crippen LogP) is 3.34. The van der Waals surface area contributed by atoms with Crippen LogP contribution in [-0.4, -0.2) is 20.4 Å². The Hall–Kier alpha value is -2.47. The highest BCUT2D eigenvalue weighted by molar-refractivity contribution is 7.11. The molecule has 0 aliphatic heterocycles. The summed E-state index contributed by atoms with van der Waals surface area (Å²) in [4.78, 5) is 22.0. The Kier molecular flexibility index (Phi) is 4.76. The topological polar surface area (TPSA) is 59.8 Å². The first-order valence-corrected chi connectivity index (χ1v) is 8.70. The second-order valence-corrected chi connectivity index (χ2v) is 6.79. The molecule has 5 nitrogen and oxygen atoms in total. The first-order valence-electron chi connectivity index (χ1n) is 7.88. The maximum Gasteiger partial charge on any atom is 0.251 e. The number of thiazole rings is 1. The summed E-state index contributed by atoms with van der Waals surface area (Å²) < 4.78 is 1.95. The molecule has 24 heavy (non-hydrogen) atoms. The maximum atomic E-state index is 12.3. The molecule has 0 aliphatic carbocycles. The number of aryl methyl sites for hydroxylation is 3. The van der Waals surface area contributed by atoms with Gasteiger partial charge in [0.05, 0.1) is 35.5 Å². The van der Waals surface area contributed by atoms with Gasteiger partial charge in [0, 0.05) is 17.5 Å². The normalized spacial score (nSPS) is 10.8. The minimum Gasteiger partial charge on any atom is -0.347 e. The average molecular weight is 340 g/mol. The van der Waals surface area contributed by atoms with Crippen LogP contribution in [0.5, 0.6) is 0 Å². The Labute approximate surface area is 145 Å². The molecule has 0 fully saturated rings. The molecule has 0 unspecified atom stereocenters. The van der Waals surface area contributed by atoms with Crippen molar-refractivity contribution in [3.05, 3.63) is 57.9 Å². The fourth-order valence-electron chi connectivity index (χ4n) is 2.49. The molecule has 3 rings (SSSR count). The second-order valence-electron chi connectivity index (χ2n) is 5.62. The number of hydrogen-bond acceptors (Lipinski definition) is 4. The van der Waals surface area contributed by atoms with E-state index in [9.17, 15) is 4.79 Å². The van der Waals surface area contributed by atoms with Gasteiger partial charge in [-0.1, -0.05) is 19.1 Å². The SMILES string of the molecule is CCc1nc(C)c(CNC(=O)c2ccc(-c3cncn3C)cc2)s1. The summed E-state index contributed by atoms with van der Waals surface area (Å²) >= 11 is 1.66. The number of benzene rings is 1. The molecule has 1 amide bonds. The molecule has 0 bridgehead atoms. The lowest BCUT2D eigenvalue weighted by atomic mass is 10.1. The first kappa shape index (κ1) is 16.4. The van der Waals surface area contributed by atoms with Crippen molar-refractivity contribution in [2.75, 3.05) is 0 Å². The van der Waals surface area contributed by atoms with Crippen molar-refractivity contribution in [3.8, 4) is 11.3 Å². The Bertz CT molecular complexity index is 848. The van der Waals surface area contributed by atoms with Crippen molar-refractivity contribution in [1.82, 2.24) is 19.9 Å². The lowest BCUT2D eigenvalue weighted by Crippen LogP contribution is -2.22. The van der Waals surface area contributed by atoms with E-state index in [1.54, 1.807) is 17.7 Å². The smallest absolute Gasteiger partial charge is 0.251 e. The van der Waals surface area contributed by atoms with Gasteiger partial charge in [-0.05, 0) is 31.0 Å². The highest BCUT2D eigenvalue weighted by atomic mass is 32.1. The number of nitrogens with one attached hydrogen (secondary N) is 1. The zero-order chi connectivity index (χ0) is 17.1.